The number of rotatable bonds is 7. The Labute approximate surface area is 113 Å². The molecule has 0 unspecified atom stereocenters. The number of nitrogens with zero attached hydrogens (tertiary/aromatic N) is 2. The number of hydrogen-bond acceptors (Lipinski definition) is 3. The van der Waals surface area contributed by atoms with Gasteiger partial charge < -0.3 is 5.32 Å². The van der Waals surface area contributed by atoms with E-state index in [1.165, 1.54) is 17.7 Å². The molecule has 0 saturated heterocycles. The summed E-state index contributed by atoms with van der Waals surface area (Å²) in [5.74, 6) is 1.22. The Morgan fingerprint density at radius 2 is 2.17 bits per heavy atom. The molecule has 4 heteroatoms. The van der Waals surface area contributed by atoms with Crippen molar-refractivity contribution in [2.45, 2.75) is 13.0 Å². The molecule has 0 saturated carbocycles. The van der Waals surface area contributed by atoms with Crippen molar-refractivity contribution in [2.24, 2.45) is 0 Å². The second kappa shape index (κ2) is 7.24. The van der Waals surface area contributed by atoms with E-state index in [0.717, 1.165) is 18.8 Å². The van der Waals surface area contributed by atoms with Crippen LogP contribution in [-0.4, -0.2) is 28.3 Å². The Kier molecular flexibility index (Phi) is 5.30. The molecule has 0 fully saturated rings. The minimum Gasteiger partial charge on any atom is -0.313 e. The molecule has 0 aliphatic heterocycles. The van der Waals surface area contributed by atoms with Crippen molar-refractivity contribution in [3.05, 3.63) is 48.3 Å². The number of benzene rings is 1. The van der Waals surface area contributed by atoms with E-state index in [2.05, 4.69) is 34.9 Å². The van der Waals surface area contributed by atoms with Gasteiger partial charge >= 0.3 is 0 Å². The fraction of sp³-hybridized carbons (Fsp3) is 0.357. The molecule has 96 valence electrons. The van der Waals surface area contributed by atoms with Crippen LogP contribution >= 0.6 is 11.8 Å². The number of para-hydroxylation sites is 1. The number of hydrogen-bond donors (Lipinski definition) is 1. The molecule has 0 aliphatic carbocycles. The summed E-state index contributed by atoms with van der Waals surface area (Å²) in [5.41, 5.74) is 2.44. The van der Waals surface area contributed by atoms with Gasteiger partial charge in [0.2, 0.25) is 0 Å². The van der Waals surface area contributed by atoms with Gasteiger partial charge in [-0.2, -0.15) is 16.9 Å². The topological polar surface area (TPSA) is 29.9 Å². The molecule has 0 bridgehead atoms. The summed E-state index contributed by atoms with van der Waals surface area (Å²) in [5, 5.41) is 7.77. The first kappa shape index (κ1) is 13.2. The van der Waals surface area contributed by atoms with Gasteiger partial charge in [0.25, 0.3) is 0 Å². The molecule has 2 rings (SSSR count). The normalized spacial score (nSPS) is 10.7. The standard InChI is InChI=1S/C14H19N3S/c1-18-11-5-8-15-12-13-6-2-3-7-14(13)17-10-4-9-16-17/h2-4,6-7,9-10,15H,5,8,11-12H2,1H3. The van der Waals surface area contributed by atoms with Gasteiger partial charge in [0.05, 0.1) is 5.69 Å². The minimum absolute atomic E-state index is 0.893. The van der Waals surface area contributed by atoms with Crippen LogP contribution in [0.2, 0.25) is 0 Å². The molecule has 1 aromatic carbocycles. The van der Waals surface area contributed by atoms with Gasteiger partial charge in [-0.3, -0.25) is 0 Å². The zero-order valence-electron chi connectivity index (χ0n) is 10.7. The SMILES string of the molecule is CSCCCNCc1ccccc1-n1cccn1. The van der Waals surface area contributed by atoms with Crippen molar-refractivity contribution in [3.8, 4) is 5.69 Å². The van der Waals surface area contributed by atoms with Crippen molar-refractivity contribution in [3.63, 3.8) is 0 Å². The van der Waals surface area contributed by atoms with Crippen LogP contribution in [-0.2, 0) is 6.54 Å². The van der Waals surface area contributed by atoms with E-state index in [9.17, 15) is 0 Å². The van der Waals surface area contributed by atoms with Crippen LogP contribution in [0.3, 0.4) is 0 Å². The van der Waals surface area contributed by atoms with Gasteiger partial charge in [-0.25, -0.2) is 4.68 Å². The van der Waals surface area contributed by atoms with E-state index >= 15 is 0 Å². The Balaban J connectivity index is 1.96. The molecular weight excluding hydrogens is 242 g/mol. The lowest BCUT2D eigenvalue weighted by Gasteiger charge is -2.10. The minimum atomic E-state index is 0.893. The Morgan fingerprint density at radius 3 is 2.94 bits per heavy atom. The predicted molar refractivity (Wildman–Crippen MR) is 78.3 cm³/mol. The van der Waals surface area contributed by atoms with Crippen LogP contribution < -0.4 is 5.32 Å². The Bertz CT molecular complexity index is 454. The van der Waals surface area contributed by atoms with Gasteiger partial charge in [-0.05, 0) is 42.7 Å². The zero-order chi connectivity index (χ0) is 12.6. The first-order chi connectivity index (χ1) is 8.92. The van der Waals surface area contributed by atoms with Gasteiger partial charge in [-0.1, -0.05) is 18.2 Å². The summed E-state index contributed by atoms with van der Waals surface area (Å²) in [6, 6.07) is 10.3. The van der Waals surface area contributed by atoms with Crippen LogP contribution in [0, 0.1) is 0 Å². The Morgan fingerprint density at radius 1 is 1.28 bits per heavy atom. The summed E-state index contributed by atoms with van der Waals surface area (Å²) < 4.78 is 1.92. The van der Waals surface area contributed by atoms with Gasteiger partial charge in [0, 0.05) is 18.9 Å². The maximum absolute atomic E-state index is 4.29. The molecule has 18 heavy (non-hydrogen) atoms. The van der Waals surface area contributed by atoms with Crippen LogP contribution in [0.4, 0.5) is 0 Å². The van der Waals surface area contributed by atoms with E-state index in [-0.39, 0.29) is 0 Å². The molecule has 0 atom stereocenters. The van der Waals surface area contributed by atoms with E-state index in [1.807, 2.05) is 41.0 Å². The quantitative estimate of drug-likeness (QED) is 0.777. The fourth-order valence-corrected chi connectivity index (χ4v) is 2.29. The fourth-order valence-electron chi connectivity index (χ4n) is 1.86. The summed E-state index contributed by atoms with van der Waals surface area (Å²) in [6.45, 7) is 1.96. The third-order valence-corrected chi connectivity index (χ3v) is 3.46. The summed E-state index contributed by atoms with van der Waals surface area (Å²) in [6.07, 6.45) is 7.15. The summed E-state index contributed by atoms with van der Waals surface area (Å²) >= 11 is 1.89. The molecule has 2 aromatic rings. The van der Waals surface area contributed by atoms with Crippen molar-refractivity contribution in [2.75, 3.05) is 18.6 Å². The molecule has 1 aromatic heterocycles. The predicted octanol–water partition coefficient (Wildman–Crippen LogP) is 2.72. The maximum Gasteiger partial charge on any atom is 0.0690 e. The van der Waals surface area contributed by atoms with Gasteiger partial charge in [0.15, 0.2) is 0 Å². The summed E-state index contributed by atoms with van der Waals surface area (Å²) in [7, 11) is 0. The number of aromatic nitrogens is 2. The first-order valence-corrected chi connectivity index (χ1v) is 7.59. The van der Waals surface area contributed by atoms with Crippen LogP contribution in [0.1, 0.15) is 12.0 Å². The number of thioether (sulfide) groups is 1. The zero-order valence-corrected chi connectivity index (χ0v) is 11.5. The lowest BCUT2D eigenvalue weighted by molar-refractivity contribution is 0.673. The second-order valence-electron chi connectivity index (χ2n) is 4.10. The van der Waals surface area contributed by atoms with E-state index < -0.39 is 0 Å². The third kappa shape index (κ3) is 3.62. The largest absolute Gasteiger partial charge is 0.313 e. The van der Waals surface area contributed by atoms with Crippen LogP contribution in [0.25, 0.3) is 5.69 Å². The van der Waals surface area contributed by atoms with Crippen molar-refractivity contribution < 1.29 is 0 Å². The number of nitrogens with one attached hydrogen (secondary N) is 1. The molecule has 0 amide bonds. The van der Waals surface area contributed by atoms with Crippen LogP contribution in [0.15, 0.2) is 42.7 Å². The average molecular weight is 261 g/mol. The van der Waals surface area contributed by atoms with E-state index in [1.54, 1.807) is 0 Å². The van der Waals surface area contributed by atoms with E-state index in [4.69, 9.17) is 0 Å². The molecule has 0 spiro atoms. The molecule has 0 radical (unpaired) electrons. The highest BCUT2D eigenvalue weighted by molar-refractivity contribution is 7.98. The summed E-state index contributed by atoms with van der Waals surface area (Å²) in [4.78, 5) is 0. The molecular formula is C14H19N3S. The van der Waals surface area contributed by atoms with Crippen molar-refractivity contribution >= 4 is 11.8 Å². The van der Waals surface area contributed by atoms with Gasteiger partial charge in [-0.15, -0.1) is 0 Å². The molecule has 1 heterocycles. The van der Waals surface area contributed by atoms with Crippen molar-refractivity contribution in [1.29, 1.82) is 0 Å². The Hall–Kier alpha value is -1.26. The molecule has 0 aliphatic rings. The second-order valence-corrected chi connectivity index (χ2v) is 5.09. The highest BCUT2D eigenvalue weighted by Gasteiger charge is 2.03. The molecule has 1 N–H and O–H groups in total. The van der Waals surface area contributed by atoms with Crippen molar-refractivity contribution in [1.82, 2.24) is 15.1 Å². The maximum atomic E-state index is 4.29. The average Bonchev–Trinajstić information content (AvgIpc) is 2.93. The highest BCUT2D eigenvalue weighted by Crippen LogP contribution is 2.12. The highest BCUT2D eigenvalue weighted by atomic mass is 32.2. The van der Waals surface area contributed by atoms with Gasteiger partial charge in [0.1, 0.15) is 0 Å². The third-order valence-electron chi connectivity index (χ3n) is 2.76. The smallest absolute Gasteiger partial charge is 0.0690 e. The van der Waals surface area contributed by atoms with E-state index in [0.29, 0.717) is 0 Å². The lowest BCUT2D eigenvalue weighted by Crippen LogP contribution is -2.16. The van der Waals surface area contributed by atoms with Crippen LogP contribution in [0.5, 0.6) is 0 Å². The molecule has 3 nitrogen and oxygen atoms in total. The first-order valence-electron chi connectivity index (χ1n) is 6.19. The monoisotopic (exact) mass is 261 g/mol. The lowest BCUT2D eigenvalue weighted by atomic mass is 10.2.